The monoisotopic (exact) mass is 433 g/mol. The zero-order valence-electron chi connectivity index (χ0n) is 20.0. The Kier molecular flexibility index (Phi) is 6.22. The average molecular weight is 434 g/mol. The SMILES string of the molecule is CCNC(=O)OCC[C@]12CC[C@@](C)(O)C[C@@H]1CC[C@H]1[C@@H]3CC[C@H](C(C)=O)[C@@]3(C)CC[C@@H]12. The molecule has 0 aromatic carbocycles. The summed E-state index contributed by atoms with van der Waals surface area (Å²) in [7, 11) is 0. The number of hydrogen-bond acceptors (Lipinski definition) is 4. The quantitative estimate of drug-likeness (QED) is 0.632. The molecule has 0 heterocycles. The van der Waals surface area contributed by atoms with Crippen LogP contribution >= 0.6 is 0 Å². The Morgan fingerprint density at radius 1 is 1.03 bits per heavy atom. The van der Waals surface area contributed by atoms with E-state index in [2.05, 4.69) is 12.2 Å². The number of nitrogens with one attached hydrogen (secondary N) is 1. The molecule has 0 unspecified atom stereocenters. The maximum absolute atomic E-state index is 12.4. The number of amides is 1. The van der Waals surface area contributed by atoms with Crippen molar-refractivity contribution in [2.45, 2.75) is 97.5 Å². The summed E-state index contributed by atoms with van der Waals surface area (Å²) in [4.78, 5) is 24.3. The minimum absolute atomic E-state index is 0.160. The number of carbonyl (C=O) groups excluding carboxylic acids is 2. The summed E-state index contributed by atoms with van der Waals surface area (Å²) in [5.74, 6) is 3.07. The van der Waals surface area contributed by atoms with Crippen LogP contribution in [0.5, 0.6) is 0 Å². The first-order chi connectivity index (χ1) is 14.6. The fourth-order valence-corrected chi connectivity index (χ4v) is 8.93. The minimum Gasteiger partial charge on any atom is -0.450 e. The van der Waals surface area contributed by atoms with E-state index in [0.29, 0.717) is 42.6 Å². The number of Topliss-reactive ketones (excluding diaryl/α,β-unsaturated/α-hetero) is 1. The molecule has 31 heavy (non-hydrogen) atoms. The Morgan fingerprint density at radius 3 is 2.52 bits per heavy atom. The van der Waals surface area contributed by atoms with Crippen molar-refractivity contribution in [2.75, 3.05) is 13.2 Å². The fraction of sp³-hybridized carbons (Fsp3) is 0.923. The molecule has 4 rings (SSSR count). The zero-order valence-corrected chi connectivity index (χ0v) is 20.0. The maximum atomic E-state index is 12.4. The van der Waals surface area contributed by atoms with Gasteiger partial charge < -0.3 is 15.2 Å². The van der Waals surface area contributed by atoms with Crippen LogP contribution in [-0.4, -0.2) is 35.7 Å². The van der Waals surface area contributed by atoms with Crippen molar-refractivity contribution in [1.29, 1.82) is 0 Å². The molecular formula is C26H43NO4. The standard InChI is InChI=1S/C26H43NO4/c1-5-27-23(29)31-15-14-26-13-12-24(3,30)16-18(26)6-7-19-21-9-8-20(17(2)28)25(21,4)11-10-22(19)26/h18-22,30H,5-16H2,1-4H3,(H,27,29)/t18-,19-,20+,21-,22-,24+,25+,26+/m0/s1. The van der Waals surface area contributed by atoms with Crippen molar-refractivity contribution in [2.24, 2.45) is 40.4 Å². The molecule has 8 atom stereocenters. The summed E-state index contributed by atoms with van der Waals surface area (Å²) < 4.78 is 5.56. The summed E-state index contributed by atoms with van der Waals surface area (Å²) in [5.41, 5.74) is -0.246. The van der Waals surface area contributed by atoms with Crippen LogP contribution < -0.4 is 5.32 Å². The molecule has 0 saturated heterocycles. The normalized spacial score (nSPS) is 46.4. The zero-order chi connectivity index (χ0) is 22.4. The van der Waals surface area contributed by atoms with Crippen LogP contribution in [0.3, 0.4) is 0 Å². The van der Waals surface area contributed by atoms with Gasteiger partial charge >= 0.3 is 6.09 Å². The Balaban J connectivity index is 1.57. The number of carbonyl (C=O) groups is 2. The van der Waals surface area contributed by atoms with Crippen LogP contribution in [0, 0.1) is 40.4 Å². The molecule has 5 heteroatoms. The van der Waals surface area contributed by atoms with E-state index in [1.54, 1.807) is 6.92 Å². The predicted octanol–water partition coefficient (Wildman–Crippen LogP) is 5.10. The highest BCUT2D eigenvalue weighted by atomic mass is 16.5. The molecule has 5 nitrogen and oxygen atoms in total. The number of fused-ring (bicyclic) bond motifs is 5. The first-order valence-corrected chi connectivity index (χ1v) is 12.8. The van der Waals surface area contributed by atoms with E-state index in [0.717, 1.165) is 44.9 Å². The molecule has 4 saturated carbocycles. The minimum atomic E-state index is -0.572. The molecule has 0 aromatic rings. The van der Waals surface area contributed by atoms with Gasteiger partial charge in [0.15, 0.2) is 0 Å². The molecule has 1 amide bonds. The first-order valence-electron chi connectivity index (χ1n) is 12.8. The Labute approximate surface area is 188 Å². The van der Waals surface area contributed by atoms with Gasteiger partial charge in [-0.05, 0) is 119 Å². The highest BCUT2D eigenvalue weighted by Crippen LogP contribution is 2.69. The summed E-state index contributed by atoms with van der Waals surface area (Å²) in [6, 6.07) is 0. The van der Waals surface area contributed by atoms with Crippen LogP contribution in [0.2, 0.25) is 0 Å². The molecule has 0 aromatic heterocycles. The van der Waals surface area contributed by atoms with E-state index in [-0.39, 0.29) is 22.8 Å². The third-order valence-corrected chi connectivity index (χ3v) is 10.3. The van der Waals surface area contributed by atoms with Crippen molar-refractivity contribution in [3.63, 3.8) is 0 Å². The van der Waals surface area contributed by atoms with E-state index < -0.39 is 5.60 Å². The highest BCUT2D eigenvalue weighted by Gasteiger charge is 2.62. The molecule has 2 N–H and O–H groups in total. The van der Waals surface area contributed by atoms with Crippen LogP contribution in [-0.2, 0) is 9.53 Å². The van der Waals surface area contributed by atoms with E-state index in [1.165, 1.54) is 19.3 Å². The van der Waals surface area contributed by atoms with Gasteiger partial charge in [0.1, 0.15) is 5.78 Å². The van der Waals surface area contributed by atoms with Gasteiger partial charge in [-0.15, -0.1) is 0 Å². The molecule has 0 spiro atoms. The largest absolute Gasteiger partial charge is 0.450 e. The van der Waals surface area contributed by atoms with Gasteiger partial charge in [-0.3, -0.25) is 4.79 Å². The third kappa shape index (κ3) is 3.94. The molecule has 4 fully saturated rings. The van der Waals surface area contributed by atoms with Crippen molar-refractivity contribution in [3.8, 4) is 0 Å². The van der Waals surface area contributed by atoms with Crippen molar-refractivity contribution in [3.05, 3.63) is 0 Å². The van der Waals surface area contributed by atoms with Crippen LogP contribution in [0.4, 0.5) is 4.79 Å². The lowest BCUT2D eigenvalue weighted by Crippen LogP contribution is -2.57. The van der Waals surface area contributed by atoms with Gasteiger partial charge in [0.2, 0.25) is 0 Å². The van der Waals surface area contributed by atoms with Crippen LogP contribution in [0.1, 0.15) is 91.9 Å². The molecule has 0 radical (unpaired) electrons. The number of ketones is 1. The molecule has 0 bridgehead atoms. The lowest BCUT2D eigenvalue weighted by atomic mass is 9.42. The van der Waals surface area contributed by atoms with Crippen molar-refractivity contribution >= 4 is 11.9 Å². The van der Waals surface area contributed by atoms with E-state index in [4.69, 9.17) is 4.74 Å². The molecule has 4 aliphatic carbocycles. The second-order valence-electron chi connectivity index (χ2n) is 11.8. The lowest BCUT2D eigenvalue weighted by Gasteiger charge is -2.63. The maximum Gasteiger partial charge on any atom is 0.407 e. The van der Waals surface area contributed by atoms with Crippen molar-refractivity contribution < 1.29 is 19.4 Å². The van der Waals surface area contributed by atoms with Gasteiger partial charge in [-0.1, -0.05) is 6.92 Å². The molecule has 4 aliphatic rings. The number of ether oxygens (including phenoxy) is 1. The van der Waals surface area contributed by atoms with Crippen molar-refractivity contribution in [1.82, 2.24) is 5.32 Å². The third-order valence-electron chi connectivity index (χ3n) is 10.3. The highest BCUT2D eigenvalue weighted by molar-refractivity contribution is 5.79. The van der Waals surface area contributed by atoms with Crippen LogP contribution in [0.15, 0.2) is 0 Å². The van der Waals surface area contributed by atoms with Gasteiger partial charge in [0.25, 0.3) is 0 Å². The summed E-state index contributed by atoms with van der Waals surface area (Å²) in [6.45, 7) is 9.14. The molecular weight excluding hydrogens is 390 g/mol. The van der Waals surface area contributed by atoms with Crippen LogP contribution in [0.25, 0.3) is 0 Å². The number of alkyl carbamates (subject to hydrolysis) is 1. The van der Waals surface area contributed by atoms with E-state index in [1.807, 2.05) is 13.8 Å². The molecule has 176 valence electrons. The first kappa shape index (κ1) is 23.1. The average Bonchev–Trinajstić information content (AvgIpc) is 3.05. The second-order valence-corrected chi connectivity index (χ2v) is 11.8. The topological polar surface area (TPSA) is 75.6 Å². The number of hydrogen-bond donors (Lipinski definition) is 2. The van der Waals surface area contributed by atoms with Gasteiger partial charge in [0.05, 0.1) is 12.2 Å². The number of aliphatic hydroxyl groups is 1. The predicted molar refractivity (Wildman–Crippen MR) is 120 cm³/mol. The van der Waals surface area contributed by atoms with Gasteiger partial charge in [-0.25, -0.2) is 4.79 Å². The number of rotatable bonds is 5. The summed E-state index contributed by atoms with van der Waals surface area (Å²) >= 11 is 0. The van der Waals surface area contributed by atoms with E-state index >= 15 is 0 Å². The lowest BCUT2D eigenvalue weighted by molar-refractivity contribution is -0.162. The summed E-state index contributed by atoms with van der Waals surface area (Å²) in [6.07, 6.45) is 10.3. The fourth-order valence-electron chi connectivity index (χ4n) is 8.93. The Morgan fingerprint density at radius 2 is 1.81 bits per heavy atom. The van der Waals surface area contributed by atoms with Gasteiger partial charge in [0, 0.05) is 12.5 Å². The van der Waals surface area contributed by atoms with E-state index in [9.17, 15) is 14.7 Å². The van der Waals surface area contributed by atoms with Gasteiger partial charge in [-0.2, -0.15) is 0 Å². The summed E-state index contributed by atoms with van der Waals surface area (Å²) in [5, 5.41) is 13.6. The molecule has 0 aliphatic heterocycles. The smallest absolute Gasteiger partial charge is 0.407 e. The second kappa shape index (κ2) is 8.35. The Bertz CT molecular complexity index is 706. The Hall–Kier alpha value is -1.10.